The molecular formula is C28H38FN5O4Si. The number of aliphatic imine (C=N–C) groups is 1. The number of rotatable bonds is 7. The molecule has 210 valence electrons. The molecule has 4 bridgehead atoms. The van der Waals surface area contributed by atoms with Crippen LogP contribution < -0.4 is 19.7 Å². The van der Waals surface area contributed by atoms with Gasteiger partial charge in [-0.15, -0.1) is 0 Å². The van der Waals surface area contributed by atoms with Crippen molar-refractivity contribution in [3.63, 3.8) is 0 Å². The van der Waals surface area contributed by atoms with Crippen LogP contribution in [0.25, 0.3) is 0 Å². The summed E-state index contributed by atoms with van der Waals surface area (Å²) in [6.07, 6.45) is 7.59. The summed E-state index contributed by atoms with van der Waals surface area (Å²) in [6.45, 7) is 10.5. The number of ether oxygens (including phenoxy) is 4. The number of nitrogens with zero attached hydrogens (tertiary/aromatic N) is 4. The highest BCUT2D eigenvalue weighted by Crippen LogP contribution is 2.37. The predicted molar refractivity (Wildman–Crippen MR) is 154 cm³/mol. The largest absolute Gasteiger partial charge is 0.490 e. The van der Waals surface area contributed by atoms with Crippen molar-refractivity contribution in [2.75, 3.05) is 43.8 Å². The molecule has 0 spiro atoms. The SMILES string of the molecule is C/C=C/C=C1\C=N/C2Cc3c(nc(NC)nc3N2COCC[Si](C)(C)C)OCc2cc(F)cc(c2)OCCO1. The highest BCUT2D eigenvalue weighted by atomic mass is 28.3. The zero-order valence-corrected chi connectivity index (χ0v) is 24.4. The summed E-state index contributed by atoms with van der Waals surface area (Å²) in [4.78, 5) is 16.2. The maximum absolute atomic E-state index is 14.3. The number of aromatic nitrogens is 2. The Morgan fingerprint density at radius 1 is 1.15 bits per heavy atom. The first-order chi connectivity index (χ1) is 18.8. The van der Waals surface area contributed by atoms with Gasteiger partial charge in [0.25, 0.3) is 0 Å². The monoisotopic (exact) mass is 555 g/mol. The van der Waals surface area contributed by atoms with E-state index in [-0.39, 0.29) is 26.0 Å². The summed E-state index contributed by atoms with van der Waals surface area (Å²) in [6, 6.07) is 5.59. The molecule has 4 rings (SSSR count). The predicted octanol–water partition coefficient (Wildman–Crippen LogP) is 5.18. The number of hydrogen-bond donors (Lipinski definition) is 1. The van der Waals surface area contributed by atoms with Crippen molar-refractivity contribution >= 4 is 26.1 Å². The van der Waals surface area contributed by atoms with E-state index in [0.717, 1.165) is 11.6 Å². The van der Waals surface area contributed by atoms with E-state index in [1.165, 1.54) is 12.1 Å². The molecule has 0 amide bonds. The van der Waals surface area contributed by atoms with Crippen molar-refractivity contribution in [2.45, 2.75) is 51.8 Å². The van der Waals surface area contributed by atoms with Crippen LogP contribution in [0.3, 0.4) is 0 Å². The van der Waals surface area contributed by atoms with Gasteiger partial charge in [0, 0.05) is 34.2 Å². The van der Waals surface area contributed by atoms with Crippen LogP contribution >= 0.6 is 0 Å². The fourth-order valence-electron chi connectivity index (χ4n) is 4.09. The molecule has 2 aliphatic heterocycles. The van der Waals surface area contributed by atoms with E-state index >= 15 is 0 Å². The molecule has 0 fully saturated rings. The Bertz CT molecular complexity index is 1230. The summed E-state index contributed by atoms with van der Waals surface area (Å²) < 4.78 is 38.3. The Kier molecular flexibility index (Phi) is 9.57. The topological polar surface area (TPSA) is 90.3 Å². The lowest BCUT2D eigenvalue weighted by molar-refractivity contribution is 0.142. The highest BCUT2D eigenvalue weighted by molar-refractivity contribution is 6.76. The van der Waals surface area contributed by atoms with Gasteiger partial charge in [-0.2, -0.15) is 9.97 Å². The fraction of sp³-hybridized carbons (Fsp3) is 0.464. The van der Waals surface area contributed by atoms with Crippen molar-refractivity contribution < 1.29 is 23.3 Å². The number of hydrogen-bond acceptors (Lipinski definition) is 9. The Hall–Kier alpha value is -3.44. The highest BCUT2D eigenvalue weighted by Gasteiger charge is 2.35. The van der Waals surface area contributed by atoms with Crippen LogP contribution in [0.1, 0.15) is 18.1 Å². The van der Waals surface area contributed by atoms with Gasteiger partial charge in [0.15, 0.2) is 0 Å². The van der Waals surface area contributed by atoms with Crippen LogP contribution in [-0.4, -0.2) is 64.0 Å². The smallest absolute Gasteiger partial charge is 0.227 e. The van der Waals surface area contributed by atoms with E-state index in [4.69, 9.17) is 28.9 Å². The summed E-state index contributed by atoms with van der Waals surface area (Å²) in [5.74, 6) is 2.12. The van der Waals surface area contributed by atoms with Gasteiger partial charge in [-0.25, -0.2) is 4.39 Å². The van der Waals surface area contributed by atoms with Crippen LogP contribution in [0.2, 0.25) is 25.7 Å². The Morgan fingerprint density at radius 2 is 1.97 bits per heavy atom. The van der Waals surface area contributed by atoms with Crippen LogP contribution in [0.15, 0.2) is 47.2 Å². The zero-order chi connectivity index (χ0) is 27.8. The molecule has 0 aliphatic carbocycles. The number of benzene rings is 1. The molecule has 9 nitrogen and oxygen atoms in total. The maximum Gasteiger partial charge on any atom is 0.227 e. The maximum atomic E-state index is 14.3. The lowest BCUT2D eigenvalue weighted by Gasteiger charge is -2.25. The summed E-state index contributed by atoms with van der Waals surface area (Å²) in [5.41, 5.74) is 1.45. The molecule has 2 aliphatic rings. The molecule has 1 aromatic carbocycles. The van der Waals surface area contributed by atoms with Crippen molar-refractivity contribution in [3.05, 3.63) is 59.1 Å². The van der Waals surface area contributed by atoms with E-state index < -0.39 is 13.9 Å². The first-order valence-corrected chi connectivity index (χ1v) is 16.9. The normalized spacial score (nSPS) is 19.5. The molecule has 11 heteroatoms. The van der Waals surface area contributed by atoms with Gasteiger partial charge < -0.3 is 29.2 Å². The Morgan fingerprint density at radius 3 is 2.74 bits per heavy atom. The van der Waals surface area contributed by atoms with Crippen molar-refractivity contribution in [1.29, 1.82) is 0 Å². The van der Waals surface area contributed by atoms with E-state index in [2.05, 4.69) is 29.9 Å². The molecule has 39 heavy (non-hydrogen) atoms. The van der Waals surface area contributed by atoms with Crippen molar-refractivity contribution in [2.24, 2.45) is 4.99 Å². The summed E-state index contributed by atoms with van der Waals surface area (Å²) >= 11 is 0. The minimum Gasteiger partial charge on any atom is -0.490 e. The van der Waals surface area contributed by atoms with E-state index in [9.17, 15) is 4.39 Å². The van der Waals surface area contributed by atoms with Gasteiger partial charge >= 0.3 is 0 Å². The average molecular weight is 556 g/mol. The van der Waals surface area contributed by atoms with Crippen LogP contribution in [0.4, 0.5) is 16.2 Å². The van der Waals surface area contributed by atoms with E-state index in [1.807, 2.05) is 30.1 Å². The number of fused-ring (bicyclic) bond motifs is 3. The molecule has 0 saturated heterocycles. The lowest BCUT2D eigenvalue weighted by atomic mass is 10.2. The number of allylic oxidation sites excluding steroid dienone is 4. The molecule has 0 radical (unpaired) electrons. The minimum absolute atomic E-state index is 0.119. The van der Waals surface area contributed by atoms with Crippen molar-refractivity contribution in [1.82, 2.24) is 9.97 Å². The van der Waals surface area contributed by atoms with Crippen LogP contribution in [0.5, 0.6) is 11.6 Å². The Labute approximate surface area is 230 Å². The second-order valence-corrected chi connectivity index (χ2v) is 16.2. The lowest BCUT2D eigenvalue weighted by Crippen LogP contribution is -2.34. The molecule has 1 N–H and O–H groups in total. The van der Waals surface area contributed by atoms with Gasteiger partial charge in [-0.1, -0.05) is 31.8 Å². The summed E-state index contributed by atoms with van der Waals surface area (Å²) in [5, 5.41) is 3.02. The van der Waals surface area contributed by atoms with Crippen molar-refractivity contribution in [3.8, 4) is 11.6 Å². The quantitative estimate of drug-likeness (QED) is 0.369. The van der Waals surface area contributed by atoms with Gasteiger partial charge in [0.05, 0.1) is 11.8 Å². The molecule has 1 unspecified atom stereocenters. The van der Waals surface area contributed by atoms with Gasteiger partial charge in [0.2, 0.25) is 11.8 Å². The fourth-order valence-corrected chi connectivity index (χ4v) is 4.85. The van der Waals surface area contributed by atoms with Gasteiger partial charge in [-0.3, -0.25) is 4.99 Å². The third-order valence-electron chi connectivity index (χ3n) is 6.17. The minimum atomic E-state index is -1.24. The van der Waals surface area contributed by atoms with Crippen LogP contribution in [0, 0.1) is 5.82 Å². The molecule has 2 aromatic rings. The molecule has 0 saturated carbocycles. The first kappa shape index (κ1) is 28.6. The average Bonchev–Trinajstić information content (AvgIpc) is 3.24. The summed E-state index contributed by atoms with van der Waals surface area (Å²) in [7, 11) is 0.515. The van der Waals surface area contributed by atoms with Crippen LogP contribution in [-0.2, 0) is 22.5 Å². The number of halogens is 1. The second kappa shape index (κ2) is 13.1. The second-order valence-electron chi connectivity index (χ2n) is 10.6. The van der Waals surface area contributed by atoms with E-state index in [1.54, 1.807) is 19.3 Å². The van der Waals surface area contributed by atoms with Gasteiger partial charge in [0.1, 0.15) is 55.9 Å². The third-order valence-corrected chi connectivity index (χ3v) is 7.87. The molecule has 1 atom stereocenters. The zero-order valence-electron chi connectivity index (χ0n) is 23.4. The van der Waals surface area contributed by atoms with E-state index in [0.29, 0.717) is 54.5 Å². The molecule has 3 heterocycles. The van der Waals surface area contributed by atoms with Gasteiger partial charge in [-0.05, 0) is 36.7 Å². The molecule has 1 aromatic heterocycles. The number of nitrogens with one attached hydrogen (secondary N) is 1. The third kappa shape index (κ3) is 8.03. The standard InChI is InChI=1S/C28H38FN5O4Si/c1-6-7-8-22-17-31-25-16-24-26(34(25)19-35-11-12-39(3,4)5)32-28(30-2)33-27(24)38-18-20-13-21(29)15-23(14-20)37-10-9-36-22/h6-8,13-15,17,25H,9-12,16,18-19H2,1-5H3,(H,30,32,33)/b7-6+,22-8+,31-17-. The Balaban J connectivity index is 1.70. The molecular weight excluding hydrogens is 517 g/mol. The first-order valence-electron chi connectivity index (χ1n) is 13.2. The number of anilines is 2.